The van der Waals surface area contributed by atoms with Gasteiger partial charge in [-0.1, -0.05) is 5.10 Å². The molecule has 0 amide bonds. The SMILES string of the molecule is CC(F)(F)c1nnc(N2CCc3[nH]cnc3[C@H]2c2cc3c(C(F)F)cccn3n2)o1. The van der Waals surface area contributed by atoms with E-state index in [1.807, 2.05) is 0 Å². The Morgan fingerprint density at radius 3 is 2.87 bits per heavy atom. The van der Waals surface area contributed by atoms with Crippen LogP contribution in [0.1, 0.15) is 47.9 Å². The fraction of sp³-hybridized carbons (Fsp3) is 0.333. The molecule has 1 atom stereocenters. The number of aromatic amines is 1. The molecule has 0 aromatic carbocycles. The van der Waals surface area contributed by atoms with E-state index in [2.05, 4.69) is 25.3 Å². The highest BCUT2D eigenvalue weighted by atomic mass is 19.3. The van der Waals surface area contributed by atoms with Crippen LogP contribution in [0.4, 0.5) is 23.6 Å². The molecule has 0 spiro atoms. The van der Waals surface area contributed by atoms with Crippen LogP contribution in [-0.2, 0) is 12.3 Å². The first-order chi connectivity index (χ1) is 14.3. The summed E-state index contributed by atoms with van der Waals surface area (Å²) < 4.78 is 60.6. The molecule has 0 bridgehead atoms. The number of imidazole rings is 1. The van der Waals surface area contributed by atoms with Gasteiger partial charge < -0.3 is 14.3 Å². The predicted octanol–water partition coefficient (Wildman–Crippen LogP) is 3.64. The molecule has 5 rings (SSSR count). The van der Waals surface area contributed by atoms with E-state index in [0.29, 0.717) is 31.3 Å². The van der Waals surface area contributed by atoms with Crippen molar-refractivity contribution in [3.05, 3.63) is 59.3 Å². The second-order valence-electron chi connectivity index (χ2n) is 7.05. The van der Waals surface area contributed by atoms with Crippen LogP contribution in [0.15, 0.2) is 35.1 Å². The minimum atomic E-state index is -3.29. The summed E-state index contributed by atoms with van der Waals surface area (Å²) >= 11 is 0. The van der Waals surface area contributed by atoms with E-state index in [9.17, 15) is 17.6 Å². The molecule has 1 aliphatic rings. The quantitative estimate of drug-likeness (QED) is 0.506. The van der Waals surface area contributed by atoms with Crippen molar-refractivity contribution in [1.29, 1.82) is 0 Å². The highest BCUT2D eigenvalue weighted by molar-refractivity contribution is 5.58. The molecule has 12 heteroatoms. The molecule has 5 heterocycles. The molecule has 4 aromatic rings. The zero-order valence-corrected chi connectivity index (χ0v) is 15.6. The molecule has 1 aliphatic heterocycles. The Balaban J connectivity index is 1.64. The lowest BCUT2D eigenvalue weighted by Crippen LogP contribution is -2.37. The number of halogens is 4. The summed E-state index contributed by atoms with van der Waals surface area (Å²) in [4.78, 5) is 8.99. The van der Waals surface area contributed by atoms with Crippen molar-refractivity contribution in [2.24, 2.45) is 0 Å². The number of hydrogen-bond acceptors (Lipinski definition) is 6. The van der Waals surface area contributed by atoms with Crippen LogP contribution in [-0.4, -0.2) is 36.3 Å². The van der Waals surface area contributed by atoms with Gasteiger partial charge in [-0.2, -0.15) is 13.9 Å². The molecule has 4 aromatic heterocycles. The standard InChI is InChI=1S/C18H15F4N7O/c1-18(21,22)16-25-26-17(30-16)28-6-4-10-13(24-8-23-10)14(28)11-7-12-9(15(19)20)3-2-5-29(12)27-11/h2-3,5,7-8,14-15H,4,6H2,1H3,(H,23,24)/t14-/m1/s1. The van der Waals surface area contributed by atoms with Gasteiger partial charge in [-0.05, 0) is 18.2 Å². The summed E-state index contributed by atoms with van der Waals surface area (Å²) in [7, 11) is 0. The van der Waals surface area contributed by atoms with E-state index >= 15 is 0 Å². The van der Waals surface area contributed by atoms with Crippen LogP contribution in [0.25, 0.3) is 5.52 Å². The summed E-state index contributed by atoms with van der Waals surface area (Å²) in [5.74, 6) is -4.09. The number of nitrogens with one attached hydrogen (secondary N) is 1. The monoisotopic (exact) mass is 421 g/mol. The maximum absolute atomic E-state index is 13.6. The lowest BCUT2D eigenvalue weighted by Gasteiger charge is -2.32. The van der Waals surface area contributed by atoms with E-state index in [1.165, 1.54) is 29.0 Å². The van der Waals surface area contributed by atoms with Gasteiger partial charge in [0, 0.05) is 37.3 Å². The lowest BCUT2D eigenvalue weighted by atomic mass is 10.00. The van der Waals surface area contributed by atoms with E-state index in [1.54, 1.807) is 11.1 Å². The largest absolute Gasteiger partial charge is 0.401 e. The Kier molecular flexibility index (Phi) is 4.05. The van der Waals surface area contributed by atoms with E-state index in [0.717, 1.165) is 5.69 Å². The van der Waals surface area contributed by atoms with Crippen molar-refractivity contribution < 1.29 is 22.0 Å². The molecule has 0 saturated carbocycles. The topological polar surface area (TPSA) is 88.1 Å². The predicted molar refractivity (Wildman–Crippen MR) is 95.5 cm³/mol. The third-order valence-corrected chi connectivity index (χ3v) is 5.03. The second kappa shape index (κ2) is 6.54. The molecule has 0 aliphatic carbocycles. The molecule has 8 nitrogen and oxygen atoms in total. The number of alkyl halides is 4. The molecular formula is C18H15F4N7O. The molecule has 0 radical (unpaired) electrons. The third-order valence-electron chi connectivity index (χ3n) is 5.03. The van der Waals surface area contributed by atoms with Gasteiger partial charge in [0.05, 0.1) is 23.2 Å². The first kappa shape index (κ1) is 18.6. The fourth-order valence-corrected chi connectivity index (χ4v) is 3.67. The molecule has 1 N–H and O–H groups in total. The fourth-order valence-electron chi connectivity index (χ4n) is 3.67. The molecule has 0 fully saturated rings. The van der Waals surface area contributed by atoms with Crippen LogP contribution < -0.4 is 4.90 Å². The van der Waals surface area contributed by atoms with Crippen molar-refractivity contribution in [2.45, 2.75) is 31.7 Å². The van der Waals surface area contributed by atoms with Gasteiger partial charge in [-0.15, -0.1) is 5.10 Å². The molecule has 30 heavy (non-hydrogen) atoms. The average molecular weight is 421 g/mol. The number of aromatic nitrogens is 6. The van der Waals surface area contributed by atoms with Crippen molar-refractivity contribution in [3.63, 3.8) is 0 Å². The Morgan fingerprint density at radius 1 is 1.30 bits per heavy atom. The van der Waals surface area contributed by atoms with Crippen molar-refractivity contribution in [3.8, 4) is 0 Å². The van der Waals surface area contributed by atoms with Gasteiger partial charge >= 0.3 is 11.9 Å². The van der Waals surface area contributed by atoms with E-state index in [-0.39, 0.29) is 17.1 Å². The maximum Gasteiger partial charge on any atom is 0.321 e. The van der Waals surface area contributed by atoms with Crippen LogP contribution in [0, 0.1) is 0 Å². The Bertz CT molecular complexity index is 1210. The van der Waals surface area contributed by atoms with Crippen molar-refractivity contribution in [2.75, 3.05) is 11.4 Å². The summed E-state index contributed by atoms with van der Waals surface area (Å²) in [6, 6.07) is 3.56. The summed E-state index contributed by atoms with van der Waals surface area (Å²) in [6.07, 6.45) is 0.932. The zero-order valence-electron chi connectivity index (χ0n) is 15.6. The normalized spacial score (nSPS) is 17.1. The number of anilines is 1. The number of nitrogens with zero attached hydrogens (tertiary/aromatic N) is 6. The third kappa shape index (κ3) is 2.90. The lowest BCUT2D eigenvalue weighted by molar-refractivity contribution is -0.0107. The van der Waals surface area contributed by atoms with Crippen molar-refractivity contribution in [1.82, 2.24) is 29.8 Å². The van der Waals surface area contributed by atoms with E-state index < -0.39 is 24.3 Å². The minimum Gasteiger partial charge on any atom is -0.401 e. The summed E-state index contributed by atoms with van der Waals surface area (Å²) in [5.41, 5.74) is 1.91. The number of H-pyrrole nitrogens is 1. The Labute approximate surface area is 166 Å². The van der Waals surface area contributed by atoms with Crippen molar-refractivity contribution >= 4 is 11.5 Å². The van der Waals surface area contributed by atoms with Gasteiger partial charge in [0.25, 0.3) is 12.3 Å². The maximum atomic E-state index is 13.6. The molecular weight excluding hydrogens is 406 g/mol. The average Bonchev–Trinajstić information content (AvgIpc) is 3.43. The molecule has 0 unspecified atom stereocenters. The summed E-state index contributed by atoms with van der Waals surface area (Å²) in [6.45, 7) is 1.02. The number of rotatable bonds is 4. The summed E-state index contributed by atoms with van der Waals surface area (Å²) in [5, 5.41) is 11.7. The zero-order chi connectivity index (χ0) is 21.0. The van der Waals surface area contributed by atoms with Gasteiger partial charge in [0.1, 0.15) is 6.04 Å². The minimum absolute atomic E-state index is 0.115. The number of pyridine rings is 1. The molecule has 0 saturated heterocycles. The number of hydrogen-bond donors (Lipinski definition) is 1. The highest BCUT2D eigenvalue weighted by Crippen LogP contribution is 2.38. The van der Waals surface area contributed by atoms with Crippen LogP contribution in [0.3, 0.4) is 0 Å². The first-order valence-electron chi connectivity index (χ1n) is 9.10. The molecule has 156 valence electrons. The number of fused-ring (bicyclic) bond motifs is 2. The van der Waals surface area contributed by atoms with Gasteiger partial charge in [0.2, 0.25) is 0 Å². The van der Waals surface area contributed by atoms with Crippen LogP contribution >= 0.6 is 0 Å². The van der Waals surface area contributed by atoms with Crippen LogP contribution in [0.5, 0.6) is 0 Å². The smallest absolute Gasteiger partial charge is 0.321 e. The van der Waals surface area contributed by atoms with Gasteiger partial charge in [0.15, 0.2) is 0 Å². The Morgan fingerprint density at radius 2 is 2.13 bits per heavy atom. The van der Waals surface area contributed by atoms with Gasteiger partial charge in [-0.3, -0.25) is 0 Å². The Hall–Kier alpha value is -3.44. The highest BCUT2D eigenvalue weighted by Gasteiger charge is 2.38. The second-order valence-corrected chi connectivity index (χ2v) is 7.05. The first-order valence-corrected chi connectivity index (χ1v) is 9.10. The van der Waals surface area contributed by atoms with E-state index in [4.69, 9.17) is 4.42 Å². The van der Waals surface area contributed by atoms with Crippen LogP contribution in [0.2, 0.25) is 0 Å². The van der Waals surface area contributed by atoms with Gasteiger partial charge in [-0.25, -0.2) is 18.3 Å².